The van der Waals surface area contributed by atoms with Crippen molar-refractivity contribution < 1.29 is 9.72 Å². The predicted octanol–water partition coefficient (Wildman–Crippen LogP) is 3.88. The molecule has 0 fully saturated rings. The van der Waals surface area contributed by atoms with Crippen molar-refractivity contribution >= 4 is 56.5 Å². The molecule has 3 rings (SSSR count). The van der Waals surface area contributed by atoms with Crippen LogP contribution in [0.3, 0.4) is 0 Å². The van der Waals surface area contributed by atoms with Crippen LogP contribution in [-0.2, 0) is 6.54 Å². The van der Waals surface area contributed by atoms with Gasteiger partial charge in [0.15, 0.2) is 5.82 Å². The maximum Gasteiger partial charge on any atom is 0.319 e. The highest BCUT2D eigenvalue weighted by molar-refractivity contribution is 9.10. The number of hydrogen-bond acceptors (Lipinski definition) is 5. The highest BCUT2D eigenvalue weighted by Gasteiger charge is 2.24. The van der Waals surface area contributed by atoms with Gasteiger partial charge in [-0.2, -0.15) is 10.2 Å². The quantitative estimate of drug-likeness (QED) is 0.443. The fourth-order valence-corrected chi connectivity index (χ4v) is 3.03. The van der Waals surface area contributed by atoms with E-state index in [-0.39, 0.29) is 11.5 Å². The first-order valence-corrected chi connectivity index (χ1v) is 8.56. The molecule has 0 spiro atoms. The topological polar surface area (TPSA) is 119 Å². The predicted molar refractivity (Wildman–Crippen MR) is 98.7 cm³/mol. The minimum Gasteiger partial charge on any atom is -0.303 e. The monoisotopic (exact) mass is 458 g/mol. The van der Waals surface area contributed by atoms with Crippen LogP contribution in [0.5, 0.6) is 0 Å². The van der Waals surface area contributed by atoms with Crippen molar-refractivity contribution in [1.29, 1.82) is 0 Å². The number of aromatic amines is 1. The van der Waals surface area contributed by atoms with E-state index in [9.17, 15) is 14.9 Å². The molecule has 26 heavy (non-hydrogen) atoms. The van der Waals surface area contributed by atoms with Crippen molar-refractivity contribution in [2.75, 3.05) is 5.32 Å². The number of nitrogens with one attached hydrogen (secondary N) is 2. The Morgan fingerprint density at radius 1 is 1.42 bits per heavy atom. The van der Waals surface area contributed by atoms with E-state index in [1.165, 1.54) is 0 Å². The Bertz CT molecular complexity index is 1000. The van der Waals surface area contributed by atoms with Gasteiger partial charge in [-0.05, 0) is 33.6 Å². The number of nitro groups is 1. The molecule has 1 amide bonds. The average Bonchev–Trinajstić information content (AvgIpc) is 3.18. The van der Waals surface area contributed by atoms with Crippen molar-refractivity contribution in [3.05, 3.63) is 66.5 Å². The molecule has 0 atom stereocenters. The normalized spacial score (nSPS) is 10.7. The van der Waals surface area contributed by atoms with Crippen LogP contribution < -0.4 is 5.32 Å². The van der Waals surface area contributed by atoms with E-state index < -0.39 is 16.5 Å². The molecular formula is C14H9BrCl2N6O3. The van der Waals surface area contributed by atoms with Crippen molar-refractivity contribution in [3.8, 4) is 0 Å². The summed E-state index contributed by atoms with van der Waals surface area (Å²) in [6.07, 6.45) is 2.60. The third-order valence-electron chi connectivity index (χ3n) is 3.34. The fraction of sp³-hybridized carbons (Fsp3) is 0.0714. The first-order valence-electron chi connectivity index (χ1n) is 7.01. The van der Waals surface area contributed by atoms with Gasteiger partial charge in [0.1, 0.15) is 6.20 Å². The Morgan fingerprint density at radius 3 is 2.88 bits per heavy atom. The van der Waals surface area contributed by atoms with Gasteiger partial charge in [-0.15, -0.1) is 0 Å². The second-order valence-electron chi connectivity index (χ2n) is 5.10. The zero-order chi connectivity index (χ0) is 18.8. The Hall–Kier alpha value is -2.43. The number of nitrogens with zero attached hydrogens (tertiary/aromatic N) is 4. The third-order valence-corrected chi connectivity index (χ3v) is 4.51. The number of rotatable bonds is 5. The summed E-state index contributed by atoms with van der Waals surface area (Å²) in [5, 5.41) is 24.4. The molecule has 12 heteroatoms. The van der Waals surface area contributed by atoms with Crippen LogP contribution in [0, 0.1) is 10.1 Å². The molecule has 0 saturated carbocycles. The molecule has 0 saturated heterocycles. The van der Waals surface area contributed by atoms with Gasteiger partial charge in [-0.25, -0.2) is 0 Å². The maximum atomic E-state index is 12.2. The largest absolute Gasteiger partial charge is 0.319 e. The molecule has 0 bridgehead atoms. The van der Waals surface area contributed by atoms with Crippen LogP contribution in [0.4, 0.5) is 11.5 Å². The number of benzene rings is 1. The summed E-state index contributed by atoms with van der Waals surface area (Å²) in [4.78, 5) is 22.4. The molecule has 9 nitrogen and oxygen atoms in total. The first-order chi connectivity index (χ1) is 12.3. The van der Waals surface area contributed by atoms with Crippen LogP contribution in [0.15, 0.2) is 35.1 Å². The Balaban J connectivity index is 1.79. The van der Waals surface area contributed by atoms with Gasteiger partial charge in [-0.3, -0.25) is 24.7 Å². The molecule has 2 aromatic heterocycles. The van der Waals surface area contributed by atoms with E-state index in [1.807, 2.05) is 0 Å². The molecular weight excluding hydrogens is 451 g/mol. The lowest BCUT2D eigenvalue weighted by molar-refractivity contribution is -0.385. The lowest BCUT2D eigenvalue weighted by Gasteiger charge is -2.05. The molecule has 0 aliphatic carbocycles. The van der Waals surface area contributed by atoms with Crippen molar-refractivity contribution in [2.45, 2.75) is 6.54 Å². The molecule has 134 valence electrons. The Morgan fingerprint density at radius 2 is 2.19 bits per heavy atom. The second-order valence-corrected chi connectivity index (χ2v) is 6.80. The van der Waals surface area contributed by atoms with Crippen molar-refractivity contribution in [2.24, 2.45) is 0 Å². The number of H-pyrrole nitrogens is 1. The minimum absolute atomic E-state index is 0.198. The zero-order valence-corrected chi connectivity index (χ0v) is 15.8. The summed E-state index contributed by atoms with van der Waals surface area (Å²) in [6.45, 7) is 0.342. The van der Waals surface area contributed by atoms with E-state index in [0.29, 0.717) is 21.1 Å². The standard InChI is InChI=1S/C14H9BrCl2N6O3/c15-9-6-22(5-7-1-2-8(16)3-10(7)17)21-13(9)19-14(24)12-11(23(25)26)4-18-20-12/h1-4,6H,5H2,(H,18,20)(H,19,21,24). The SMILES string of the molecule is O=C(Nc1nn(Cc2ccc(Cl)cc2Cl)cc1Br)c1[nH]ncc1[N+](=O)[O-]. The van der Waals surface area contributed by atoms with E-state index in [2.05, 4.69) is 36.5 Å². The van der Waals surface area contributed by atoms with Gasteiger partial charge < -0.3 is 5.32 Å². The summed E-state index contributed by atoms with van der Waals surface area (Å²) in [7, 11) is 0. The number of aromatic nitrogens is 4. The lowest BCUT2D eigenvalue weighted by Crippen LogP contribution is -2.15. The Kier molecular flexibility index (Phi) is 5.25. The molecule has 0 unspecified atom stereocenters. The average molecular weight is 460 g/mol. The van der Waals surface area contributed by atoms with Crippen LogP contribution in [0.1, 0.15) is 16.1 Å². The fourth-order valence-electron chi connectivity index (χ4n) is 2.14. The van der Waals surface area contributed by atoms with Crippen LogP contribution in [-0.4, -0.2) is 30.8 Å². The summed E-state index contributed by atoms with van der Waals surface area (Å²) in [5.41, 5.74) is 0.0938. The first kappa shape index (κ1) is 18.4. The number of halogens is 3. The molecule has 0 aliphatic heterocycles. The summed E-state index contributed by atoms with van der Waals surface area (Å²) < 4.78 is 2.05. The van der Waals surface area contributed by atoms with Crippen molar-refractivity contribution in [3.63, 3.8) is 0 Å². The van der Waals surface area contributed by atoms with E-state index in [4.69, 9.17) is 23.2 Å². The van der Waals surface area contributed by atoms with E-state index in [0.717, 1.165) is 11.8 Å². The maximum absolute atomic E-state index is 12.2. The smallest absolute Gasteiger partial charge is 0.303 e. The van der Waals surface area contributed by atoms with Crippen molar-refractivity contribution in [1.82, 2.24) is 20.0 Å². The molecule has 0 aliphatic rings. The molecule has 2 heterocycles. The minimum atomic E-state index is -0.732. The van der Waals surface area contributed by atoms with Gasteiger partial charge in [0.25, 0.3) is 5.91 Å². The summed E-state index contributed by atoms with van der Waals surface area (Å²) in [6, 6.07) is 5.10. The number of carbonyl (C=O) groups is 1. The lowest BCUT2D eigenvalue weighted by atomic mass is 10.2. The van der Waals surface area contributed by atoms with Gasteiger partial charge in [-0.1, -0.05) is 29.3 Å². The Labute approximate surface area is 164 Å². The van der Waals surface area contributed by atoms with Crippen LogP contribution >= 0.6 is 39.1 Å². The van der Waals surface area contributed by atoms with Crippen LogP contribution in [0.25, 0.3) is 0 Å². The molecule has 0 radical (unpaired) electrons. The van der Waals surface area contributed by atoms with E-state index >= 15 is 0 Å². The van der Waals surface area contributed by atoms with E-state index in [1.54, 1.807) is 29.1 Å². The summed E-state index contributed by atoms with van der Waals surface area (Å²) in [5.74, 6) is -0.534. The highest BCUT2D eigenvalue weighted by Crippen LogP contribution is 2.25. The number of carbonyl (C=O) groups excluding carboxylic acids is 1. The molecule has 3 aromatic rings. The summed E-state index contributed by atoms with van der Waals surface area (Å²) >= 11 is 15.3. The highest BCUT2D eigenvalue weighted by atomic mass is 79.9. The molecule has 1 aromatic carbocycles. The van der Waals surface area contributed by atoms with Gasteiger partial charge in [0, 0.05) is 16.2 Å². The van der Waals surface area contributed by atoms with Crippen LogP contribution in [0.2, 0.25) is 10.0 Å². The number of anilines is 1. The van der Waals surface area contributed by atoms with Gasteiger partial charge in [0.2, 0.25) is 5.69 Å². The second kappa shape index (κ2) is 7.44. The van der Waals surface area contributed by atoms with Gasteiger partial charge >= 0.3 is 5.69 Å². The number of amides is 1. The van der Waals surface area contributed by atoms with Gasteiger partial charge in [0.05, 0.1) is 15.9 Å². The third kappa shape index (κ3) is 3.87. The zero-order valence-electron chi connectivity index (χ0n) is 12.7. The molecule has 2 N–H and O–H groups in total. The number of hydrogen-bond donors (Lipinski definition) is 2.